The van der Waals surface area contributed by atoms with Crippen molar-refractivity contribution in [3.05, 3.63) is 0 Å². The molecule has 2 rings (SSSR count). The van der Waals surface area contributed by atoms with Crippen LogP contribution in [0.5, 0.6) is 0 Å². The van der Waals surface area contributed by atoms with Crippen molar-refractivity contribution in [2.45, 2.75) is 50.7 Å². The van der Waals surface area contributed by atoms with Crippen LogP contribution in [0.4, 0.5) is 0 Å². The van der Waals surface area contributed by atoms with Gasteiger partial charge >= 0.3 is 0 Å². The standard InChI is InChI=1S/C12H20N2O3/c15-11-8-10(12(16)14-11)13-6-7-17-9-4-2-1-3-5-9/h9-10,13H,1-8H2,(H,14,15,16). The van der Waals surface area contributed by atoms with Crippen LogP contribution in [-0.4, -0.2) is 37.1 Å². The van der Waals surface area contributed by atoms with Gasteiger partial charge in [0.15, 0.2) is 0 Å². The zero-order valence-electron chi connectivity index (χ0n) is 10.0. The first-order chi connectivity index (χ1) is 8.25. The minimum Gasteiger partial charge on any atom is -0.377 e. The third-order valence-corrected chi connectivity index (χ3v) is 3.37. The Labute approximate surface area is 101 Å². The number of imide groups is 1. The summed E-state index contributed by atoms with van der Waals surface area (Å²) in [7, 11) is 0. The van der Waals surface area contributed by atoms with Crippen LogP contribution in [0.15, 0.2) is 0 Å². The van der Waals surface area contributed by atoms with Crippen LogP contribution in [0, 0.1) is 0 Å². The molecule has 1 saturated carbocycles. The van der Waals surface area contributed by atoms with Gasteiger partial charge in [-0.25, -0.2) is 0 Å². The monoisotopic (exact) mass is 240 g/mol. The molecule has 2 aliphatic rings. The summed E-state index contributed by atoms with van der Waals surface area (Å²) < 4.78 is 5.73. The largest absolute Gasteiger partial charge is 0.377 e. The second-order valence-electron chi connectivity index (χ2n) is 4.75. The van der Waals surface area contributed by atoms with Gasteiger partial charge in [0.2, 0.25) is 11.8 Å². The van der Waals surface area contributed by atoms with Crippen molar-refractivity contribution >= 4 is 11.8 Å². The molecule has 17 heavy (non-hydrogen) atoms. The average Bonchev–Trinajstić information content (AvgIpc) is 2.65. The molecule has 1 atom stereocenters. The Morgan fingerprint density at radius 3 is 2.65 bits per heavy atom. The van der Waals surface area contributed by atoms with Gasteiger partial charge in [0, 0.05) is 6.54 Å². The first-order valence-electron chi connectivity index (χ1n) is 6.44. The first-order valence-corrected chi connectivity index (χ1v) is 6.44. The van der Waals surface area contributed by atoms with Crippen LogP contribution in [0.1, 0.15) is 38.5 Å². The number of carbonyl (C=O) groups is 2. The third kappa shape index (κ3) is 3.78. The van der Waals surface area contributed by atoms with Crippen LogP contribution in [-0.2, 0) is 14.3 Å². The van der Waals surface area contributed by atoms with E-state index in [2.05, 4.69) is 10.6 Å². The summed E-state index contributed by atoms with van der Waals surface area (Å²) in [4.78, 5) is 22.2. The highest BCUT2D eigenvalue weighted by Crippen LogP contribution is 2.19. The normalized spacial score (nSPS) is 26.2. The summed E-state index contributed by atoms with van der Waals surface area (Å²) >= 11 is 0. The molecule has 1 aliphatic carbocycles. The minimum atomic E-state index is -0.363. The summed E-state index contributed by atoms with van der Waals surface area (Å²) in [6.45, 7) is 1.24. The van der Waals surface area contributed by atoms with Crippen molar-refractivity contribution in [1.29, 1.82) is 0 Å². The summed E-state index contributed by atoms with van der Waals surface area (Å²) in [6, 6.07) is -0.363. The van der Waals surface area contributed by atoms with E-state index in [1.54, 1.807) is 0 Å². The second-order valence-corrected chi connectivity index (χ2v) is 4.75. The molecule has 2 fully saturated rings. The Balaban J connectivity index is 1.56. The quantitative estimate of drug-likeness (QED) is 0.537. The summed E-state index contributed by atoms with van der Waals surface area (Å²) in [5.74, 6) is -0.409. The van der Waals surface area contributed by atoms with Gasteiger partial charge in [0.05, 0.1) is 25.2 Å². The van der Waals surface area contributed by atoms with E-state index in [4.69, 9.17) is 4.74 Å². The molecule has 96 valence electrons. The lowest BCUT2D eigenvalue weighted by Crippen LogP contribution is -2.38. The number of carbonyl (C=O) groups excluding carboxylic acids is 2. The summed E-state index contributed by atoms with van der Waals surface area (Å²) in [5.41, 5.74) is 0. The molecule has 1 heterocycles. The van der Waals surface area contributed by atoms with Gasteiger partial charge in [-0.05, 0) is 12.8 Å². The lowest BCUT2D eigenvalue weighted by Gasteiger charge is -2.22. The van der Waals surface area contributed by atoms with Crippen molar-refractivity contribution in [3.8, 4) is 0 Å². The maximum Gasteiger partial charge on any atom is 0.244 e. The second kappa shape index (κ2) is 6.12. The highest BCUT2D eigenvalue weighted by Gasteiger charge is 2.29. The fourth-order valence-corrected chi connectivity index (χ4v) is 2.41. The van der Waals surface area contributed by atoms with Crippen LogP contribution in [0.25, 0.3) is 0 Å². The number of hydrogen-bond acceptors (Lipinski definition) is 4. The van der Waals surface area contributed by atoms with E-state index in [-0.39, 0.29) is 24.3 Å². The molecule has 1 saturated heterocycles. The molecule has 1 aliphatic heterocycles. The Kier molecular flexibility index (Phi) is 4.50. The molecule has 5 nitrogen and oxygen atoms in total. The van der Waals surface area contributed by atoms with Crippen molar-refractivity contribution < 1.29 is 14.3 Å². The molecule has 0 radical (unpaired) electrons. The van der Waals surface area contributed by atoms with E-state index in [0.717, 1.165) is 12.8 Å². The fourth-order valence-electron chi connectivity index (χ4n) is 2.41. The molecule has 0 aromatic rings. The van der Waals surface area contributed by atoms with Crippen LogP contribution in [0.2, 0.25) is 0 Å². The molecule has 5 heteroatoms. The lowest BCUT2D eigenvalue weighted by atomic mass is 9.98. The topological polar surface area (TPSA) is 67.4 Å². The van der Waals surface area contributed by atoms with E-state index >= 15 is 0 Å². The number of amides is 2. The number of hydrogen-bond donors (Lipinski definition) is 2. The molecule has 2 N–H and O–H groups in total. The van der Waals surface area contributed by atoms with Gasteiger partial charge in [-0.2, -0.15) is 0 Å². The van der Waals surface area contributed by atoms with Gasteiger partial charge in [-0.1, -0.05) is 19.3 Å². The fraction of sp³-hybridized carbons (Fsp3) is 0.833. The smallest absolute Gasteiger partial charge is 0.244 e. The zero-order valence-corrected chi connectivity index (χ0v) is 10.0. The van der Waals surface area contributed by atoms with Crippen molar-refractivity contribution in [2.75, 3.05) is 13.2 Å². The lowest BCUT2D eigenvalue weighted by molar-refractivity contribution is -0.125. The van der Waals surface area contributed by atoms with Gasteiger partial charge < -0.3 is 10.1 Å². The van der Waals surface area contributed by atoms with E-state index < -0.39 is 0 Å². The Morgan fingerprint density at radius 2 is 2.00 bits per heavy atom. The highest BCUT2D eigenvalue weighted by molar-refractivity contribution is 6.05. The minimum absolute atomic E-state index is 0.194. The van der Waals surface area contributed by atoms with Gasteiger partial charge in [0.1, 0.15) is 0 Å². The first kappa shape index (κ1) is 12.5. The van der Waals surface area contributed by atoms with E-state index in [0.29, 0.717) is 19.3 Å². The Hall–Kier alpha value is -0.940. The van der Waals surface area contributed by atoms with Gasteiger partial charge in [0.25, 0.3) is 0 Å². The maximum absolute atomic E-state index is 11.2. The number of ether oxygens (including phenoxy) is 1. The van der Waals surface area contributed by atoms with Crippen molar-refractivity contribution in [2.24, 2.45) is 0 Å². The van der Waals surface area contributed by atoms with Crippen LogP contribution >= 0.6 is 0 Å². The predicted molar refractivity (Wildman–Crippen MR) is 62.4 cm³/mol. The average molecular weight is 240 g/mol. The van der Waals surface area contributed by atoms with Crippen molar-refractivity contribution in [3.63, 3.8) is 0 Å². The van der Waals surface area contributed by atoms with Gasteiger partial charge in [-0.3, -0.25) is 14.9 Å². The summed E-state index contributed by atoms with van der Waals surface area (Å²) in [5, 5.41) is 5.32. The Morgan fingerprint density at radius 1 is 1.24 bits per heavy atom. The third-order valence-electron chi connectivity index (χ3n) is 3.37. The zero-order chi connectivity index (χ0) is 12.1. The van der Waals surface area contributed by atoms with E-state index in [1.165, 1.54) is 19.3 Å². The molecule has 2 amide bonds. The van der Waals surface area contributed by atoms with Gasteiger partial charge in [-0.15, -0.1) is 0 Å². The molecule has 0 aromatic heterocycles. The molecule has 0 aromatic carbocycles. The molecule has 0 spiro atoms. The molecular formula is C12H20N2O3. The van der Waals surface area contributed by atoms with E-state index in [9.17, 15) is 9.59 Å². The predicted octanol–water partition coefficient (Wildman–Crippen LogP) is 0.340. The Bertz CT molecular complexity index is 287. The molecule has 1 unspecified atom stereocenters. The van der Waals surface area contributed by atoms with Crippen LogP contribution in [0.3, 0.4) is 0 Å². The molecular weight excluding hydrogens is 220 g/mol. The number of rotatable bonds is 5. The maximum atomic E-state index is 11.2. The highest BCUT2D eigenvalue weighted by atomic mass is 16.5. The van der Waals surface area contributed by atoms with Crippen molar-refractivity contribution in [1.82, 2.24) is 10.6 Å². The molecule has 0 bridgehead atoms. The number of nitrogens with one attached hydrogen (secondary N) is 2. The van der Waals surface area contributed by atoms with E-state index in [1.807, 2.05) is 0 Å². The summed E-state index contributed by atoms with van der Waals surface area (Å²) in [6.07, 6.45) is 6.80. The SMILES string of the molecule is O=C1CC(NCCOC2CCCCC2)C(=O)N1. The van der Waals surface area contributed by atoms with Crippen LogP contribution < -0.4 is 10.6 Å².